The highest BCUT2D eigenvalue weighted by Gasteiger charge is 2.22. The predicted molar refractivity (Wildman–Crippen MR) is 119 cm³/mol. The summed E-state index contributed by atoms with van der Waals surface area (Å²) in [5.74, 6) is 0.995. The number of hydrogen-bond acceptors (Lipinski definition) is 5. The topological polar surface area (TPSA) is 83.1 Å². The summed E-state index contributed by atoms with van der Waals surface area (Å²) in [4.78, 5) is 0. The van der Waals surface area contributed by atoms with Gasteiger partial charge in [0.1, 0.15) is 34.3 Å². The first-order chi connectivity index (χ1) is 14.2. The second-order valence-electron chi connectivity index (χ2n) is 7.89. The van der Waals surface area contributed by atoms with Crippen LogP contribution in [0, 0.1) is 0 Å². The van der Waals surface area contributed by atoms with Crippen LogP contribution in [0.1, 0.15) is 38.8 Å². The van der Waals surface area contributed by atoms with E-state index < -0.39 is 0 Å². The van der Waals surface area contributed by atoms with Crippen LogP contribution in [0.4, 0.5) is 0 Å². The summed E-state index contributed by atoms with van der Waals surface area (Å²) in [7, 11) is 1.52. The molecule has 1 aromatic heterocycles. The summed E-state index contributed by atoms with van der Waals surface area (Å²) < 4.78 is 11.3. The van der Waals surface area contributed by atoms with E-state index >= 15 is 0 Å². The summed E-state index contributed by atoms with van der Waals surface area (Å²) in [6.45, 7) is 7.97. The van der Waals surface area contributed by atoms with Crippen molar-refractivity contribution in [2.24, 2.45) is 0 Å². The standard InChI is InChI=1S/C25H28O5/c1-14(2)6-8-17-21(27)13-22(28)18(9-7-15(3)4)25(17)24-12-19-20(26)10-16(29-5)11-23(19)30-24/h6-7,10-13,26-28H,8-9H2,1-5H3. The first-order valence-corrected chi connectivity index (χ1v) is 9.85. The minimum Gasteiger partial charge on any atom is -0.507 e. The number of rotatable bonds is 6. The maximum atomic E-state index is 10.6. The number of hydrogen-bond donors (Lipinski definition) is 3. The van der Waals surface area contributed by atoms with Crippen molar-refractivity contribution in [1.82, 2.24) is 0 Å². The first-order valence-electron chi connectivity index (χ1n) is 9.85. The second-order valence-corrected chi connectivity index (χ2v) is 7.89. The van der Waals surface area contributed by atoms with Gasteiger partial charge in [-0.25, -0.2) is 0 Å². The van der Waals surface area contributed by atoms with Crippen molar-refractivity contribution in [3.05, 3.63) is 58.7 Å². The van der Waals surface area contributed by atoms with Crippen molar-refractivity contribution in [2.45, 2.75) is 40.5 Å². The highest BCUT2D eigenvalue weighted by atomic mass is 16.5. The molecule has 0 bridgehead atoms. The van der Waals surface area contributed by atoms with Gasteiger partial charge in [-0.05, 0) is 46.6 Å². The number of methoxy groups -OCH3 is 1. The zero-order valence-corrected chi connectivity index (χ0v) is 18.0. The summed E-state index contributed by atoms with van der Waals surface area (Å²) in [6, 6.07) is 6.34. The van der Waals surface area contributed by atoms with E-state index in [2.05, 4.69) is 0 Å². The van der Waals surface area contributed by atoms with Gasteiger partial charge in [0.2, 0.25) is 0 Å². The van der Waals surface area contributed by atoms with E-state index in [1.807, 2.05) is 39.8 Å². The molecule has 0 spiro atoms. The first kappa shape index (κ1) is 21.4. The highest BCUT2D eigenvalue weighted by molar-refractivity contribution is 5.90. The lowest BCUT2D eigenvalue weighted by Gasteiger charge is -2.15. The Labute approximate surface area is 176 Å². The molecular formula is C25H28O5. The molecule has 0 amide bonds. The third-order valence-electron chi connectivity index (χ3n) is 5.00. The van der Waals surface area contributed by atoms with Crippen molar-refractivity contribution < 1.29 is 24.5 Å². The number of aromatic hydroxyl groups is 3. The third kappa shape index (κ3) is 4.30. The Morgan fingerprint density at radius 1 is 0.833 bits per heavy atom. The van der Waals surface area contributed by atoms with Crippen molar-refractivity contribution in [2.75, 3.05) is 7.11 Å². The Morgan fingerprint density at radius 2 is 1.40 bits per heavy atom. The molecule has 0 fully saturated rings. The maximum Gasteiger partial charge on any atom is 0.142 e. The number of fused-ring (bicyclic) bond motifs is 1. The van der Waals surface area contributed by atoms with Gasteiger partial charge < -0.3 is 24.5 Å². The molecule has 0 atom stereocenters. The molecular weight excluding hydrogens is 380 g/mol. The average Bonchev–Trinajstić information content (AvgIpc) is 3.09. The molecule has 3 N–H and O–H groups in total. The van der Waals surface area contributed by atoms with Crippen LogP contribution >= 0.6 is 0 Å². The number of allylic oxidation sites excluding steroid dienone is 4. The zero-order valence-electron chi connectivity index (χ0n) is 18.0. The van der Waals surface area contributed by atoms with Crippen molar-refractivity contribution >= 4 is 11.0 Å². The Bertz CT molecular complexity index is 1100. The molecule has 5 nitrogen and oxygen atoms in total. The minimum atomic E-state index is 0.00297. The van der Waals surface area contributed by atoms with Gasteiger partial charge in [0.05, 0.1) is 12.5 Å². The lowest BCUT2D eigenvalue weighted by atomic mass is 9.92. The largest absolute Gasteiger partial charge is 0.507 e. The summed E-state index contributed by atoms with van der Waals surface area (Å²) in [5.41, 5.74) is 4.66. The van der Waals surface area contributed by atoms with Crippen LogP contribution in [0.15, 0.2) is 52.0 Å². The van der Waals surface area contributed by atoms with Crippen LogP contribution in [0.25, 0.3) is 22.3 Å². The summed E-state index contributed by atoms with van der Waals surface area (Å²) in [6.07, 6.45) is 5.00. The Kier molecular flexibility index (Phi) is 6.11. The monoisotopic (exact) mass is 408 g/mol. The van der Waals surface area contributed by atoms with E-state index in [9.17, 15) is 15.3 Å². The van der Waals surface area contributed by atoms with Crippen LogP contribution in [0.2, 0.25) is 0 Å². The second kappa shape index (κ2) is 8.57. The quantitative estimate of drug-likeness (QED) is 0.420. The van der Waals surface area contributed by atoms with Crippen LogP contribution < -0.4 is 4.74 Å². The smallest absolute Gasteiger partial charge is 0.142 e. The maximum absolute atomic E-state index is 10.6. The molecule has 3 rings (SSSR count). The molecule has 5 heteroatoms. The highest BCUT2D eigenvalue weighted by Crippen LogP contribution is 2.44. The Morgan fingerprint density at radius 3 is 1.90 bits per heavy atom. The number of phenolic OH excluding ortho intramolecular Hbond substituents is 3. The molecule has 158 valence electrons. The van der Waals surface area contributed by atoms with E-state index in [0.29, 0.717) is 52.0 Å². The normalized spacial score (nSPS) is 10.8. The van der Waals surface area contributed by atoms with Gasteiger partial charge in [0, 0.05) is 34.9 Å². The average molecular weight is 408 g/mol. The molecule has 0 aliphatic heterocycles. The number of phenols is 3. The lowest BCUT2D eigenvalue weighted by molar-refractivity contribution is 0.408. The van der Waals surface area contributed by atoms with Crippen molar-refractivity contribution in [1.29, 1.82) is 0 Å². The van der Waals surface area contributed by atoms with Gasteiger partial charge >= 0.3 is 0 Å². The molecule has 0 saturated carbocycles. The Balaban J connectivity index is 2.32. The predicted octanol–water partition coefficient (Wildman–Crippen LogP) is 6.24. The van der Waals surface area contributed by atoms with E-state index in [0.717, 1.165) is 11.1 Å². The van der Waals surface area contributed by atoms with Gasteiger partial charge in [-0.3, -0.25) is 0 Å². The number of ether oxygens (including phenoxy) is 1. The van der Waals surface area contributed by atoms with E-state index in [4.69, 9.17) is 9.15 Å². The summed E-state index contributed by atoms with van der Waals surface area (Å²) >= 11 is 0. The van der Waals surface area contributed by atoms with Crippen LogP contribution in [0.3, 0.4) is 0 Å². The van der Waals surface area contributed by atoms with Gasteiger partial charge in [-0.15, -0.1) is 0 Å². The fourth-order valence-electron chi connectivity index (χ4n) is 3.40. The van der Waals surface area contributed by atoms with Gasteiger partial charge in [0.15, 0.2) is 0 Å². The molecule has 0 saturated heterocycles. The molecule has 0 unspecified atom stereocenters. The minimum absolute atomic E-state index is 0.00297. The van der Waals surface area contributed by atoms with Gasteiger partial charge in [0.25, 0.3) is 0 Å². The molecule has 3 aromatic rings. The molecule has 30 heavy (non-hydrogen) atoms. The van der Waals surface area contributed by atoms with E-state index in [1.54, 1.807) is 12.1 Å². The zero-order chi connectivity index (χ0) is 22.0. The van der Waals surface area contributed by atoms with Gasteiger partial charge in [-0.1, -0.05) is 23.3 Å². The van der Waals surface area contributed by atoms with E-state index in [1.165, 1.54) is 19.2 Å². The van der Waals surface area contributed by atoms with E-state index in [-0.39, 0.29) is 17.2 Å². The molecule has 0 aliphatic carbocycles. The van der Waals surface area contributed by atoms with Crippen molar-refractivity contribution in [3.8, 4) is 34.3 Å². The van der Waals surface area contributed by atoms with Crippen LogP contribution in [-0.2, 0) is 12.8 Å². The van der Waals surface area contributed by atoms with Crippen LogP contribution in [-0.4, -0.2) is 22.4 Å². The molecule has 2 aromatic carbocycles. The Hall–Kier alpha value is -3.34. The van der Waals surface area contributed by atoms with Crippen molar-refractivity contribution in [3.63, 3.8) is 0 Å². The number of benzene rings is 2. The fourth-order valence-corrected chi connectivity index (χ4v) is 3.40. The number of furan rings is 1. The molecule has 1 heterocycles. The lowest BCUT2D eigenvalue weighted by Crippen LogP contribution is -1.97. The third-order valence-corrected chi connectivity index (χ3v) is 5.00. The molecule has 0 aliphatic rings. The summed E-state index contributed by atoms with van der Waals surface area (Å²) in [5, 5.41) is 32.2. The van der Waals surface area contributed by atoms with Crippen LogP contribution in [0.5, 0.6) is 23.0 Å². The van der Waals surface area contributed by atoms with Gasteiger partial charge in [-0.2, -0.15) is 0 Å². The fraction of sp³-hybridized carbons (Fsp3) is 0.280. The SMILES string of the molecule is COc1cc(O)c2cc(-c3c(CC=C(C)C)c(O)cc(O)c3CC=C(C)C)oc2c1. The molecule has 0 radical (unpaired) electrons.